The van der Waals surface area contributed by atoms with Crippen molar-refractivity contribution in [2.75, 3.05) is 5.32 Å². The van der Waals surface area contributed by atoms with E-state index in [4.69, 9.17) is 5.10 Å². The minimum Gasteiger partial charge on any atom is -0.476 e. The zero-order valence-electron chi connectivity index (χ0n) is 30.4. The first-order chi connectivity index (χ1) is 25.2. The van der Waals surface area contributed by atoms with E-state index in [0.717, 1.165) is 41.6 Å². The molecule has 2 N–H and O–H groups in total. The second-order valence-corrected chi connectivity index (χ2v) is 17.8. The normalized spacial score (nSPS) is 23.6. The number of hydrogen-bond donors (Lipinski definition) is 2. The summed E-state index contributed by atoms with van der Waals surface area (Å²) in [6, 6.07) is 18.4. The molecule has 2 saturated carbocycles. The van der Waals surface area contributed by atoms with Crippen molar-refractivity contribution in [3.8, 4) is 22.4 Å². The van der Waals surface area contributed by atoms with Crippen LogP contribution in [0.1, 0.15) is 86.3 Å². The van der Waals surface area contributed by atoms with Crippen LogP contribution in [0.4, 0.5) is 5.13 Å². The number of nitrogens with zero attached hydrogens (tertiary/aromatic N) is 6. The van der Waals surface area contributed by atoms with Crippen LogP contribution >= 0.6 is 11.3 Å². The van der Waals surface area contributed by atoms with Gasteiger partial charge in [0.25, 0.3) is 5.91 Å². The number of fused-ring (bicyclic) bond motifs is 4. The smallest absolute Gasteiger partial charge is 0.355 e. The van der Waals surface area contributed by atoms with Gasteiger partial charge in [-0.3, -0.25) is 19.8 Å². The molecule has 4 aromatic heterocycles. The summed E-state index contributed by atoms with van der Waals surface area (Å²) < 4.78 is 2.91. The fourth-order valence-electron chi connectivity index (χ4n) is 10.2. The van der Waals surface area contributed by atoms with Gasteiger partial charge in [0.2, 0.25) is 0 Å². The number of benzene rings is 2. The van der Waals surface area contributed by atoms with Crippen LogP contribution < -0.4 is 5.32 Å². The van der Waals surface area contributed by atoms with Crippen molar-refractivity contribution in [3.05, 3.63) is 94.9 Å². The number of aromatic nitrogens is 5. The number of thiazole rings is 1. The van der Waals surface area contributed by atoms with E-state index in [1.54, 1.807) is 36.7 Å². The van der Waals surface area contributed by atoms with Crippen LogP contribution in [0.2, 0.25) is 0 Å². The van der Waals surface area contributed by atoms with E-state index in [2.05, 4.69) is 53.1 Å². The molecule has 11 nitrogen and oxygen atoms in total. The summed E-state index contributed by atoms with van der Waals surface area (Å²) in [5.74, 6) is -1.49. The Morgan fingerprint density at radius 1 is 0.906 bits per heavy atom. The highest BCUT2D eigenvalue weighted by Crippen LogP contribution is 2.63. The summed E-state index contributed by atoms with van der Waals surface area (Å²) in [6.07, 6.45) is 7.63. The minimum absolute atomic E-state index is 0.00136. The lowest BCUT2D eigenvalue weighted by atomic mass is 9.47. The van der Waals surface area contributed by atoms with Crippen molar-refractivity contribution in [2.24, 2.45) is 21.4 Å². The minimum atomic E-state index is -1.17. The van der Waals surface area contributed by atoms with Crippen LogP contribution in [-0.4, -0.2) is 47.3 Å². The van der Waals surface area contributed by atoms with E-state index in [1.807, 2.05) is 48.0 Å². The molecule has 2 fully saturated rings. The first kappa shape index (κ1) is 34.7. The lowest BCUT2D eigenvalue weighted by Gasteiger charge is -2.58. The first-order valence-corrected chi connectivity index (χ1v) is 18.7. The standard InChI is InChI=1S/C41H41N7O4S/c1-24-29(17-43-48(24)23-40(5)20-39(4)18-38(2,3)19-41(21-39,22-40)47-52)26-13-14-30(44-34(26)36(50)51)25-15-28-27(9-8-11-31(28)42-16-25)35(49)46-37-45-32-10-6-7-12-33(32)53-37/h6-17H,18-23H2,1-5H3,(H,50,51)(H,45,46,49). The number of pyridine rings is 2. The van der Waals surface area contributed by atoms with E-state index in [-0.39, 0.29) is 27.8 Å². The van der Waals surface area contributed by atoms with E-state index in [9.17, 15) is 19.6 Å². The van der Waals surface area contributed by atoms with Crippen molar-refractivity contribution in [2.45, 2.75) is 78.8 Å². The molecular weight excluding hydrogens is 687 g/mol. The topological polar surface area (TPSA) is 152 Å². The molecule has 2 bridgehead atoms. The Morgan fingerprint density at radius 3 is 2.47 bits per heavy atom. The molecule has 0 spiro atoms. The maximum Gasteiger partial charge on any atom is 0.355 e. The number of carboxylic acid groups (broad SMARTS) is 1. The highest BCUT2D eigenvalue weighted by atomic mass is 32.1. The van der Waals surface area contributed by atoms with Crippen LogP contribution in [0.3, 0.4) is 0 Å². The highest BCUT2D eigenvalue weighted by molar-refractivity contribution is 7.22. The molecule has 6 aromatic rings. The predicted octanol–water partition coefficient (Wildman–Crippen LogP) is 9.55. The molecule has 0 saturated heterocycles. The van der Waals surface area contributed by atoms with Crippen molar-refractivity contribution in [3.63, 3.8) is 0 Å². The van der Waals surface area contributed by atoms with Gasteiger partial charge in [0, 0.05) is 46.1 Å². The Morgan fingerprint density at radius 2 is 1.70 bits per heavy atom. The number of hydrogen-bond acceptors (Lipinski definition) is 9. The molecule has 3 atom stereocenters. The fraction of sp³-hybridized carbons (Fsp3) is 0.366. The third kappa shape index (κ3) is 6.39. The van der Waals surface area contributed by atoms with Gasteiger partial charge < -0.3 is 5.11 Å². The van der Waals surface area contributed by atoms with E-state index in [1.165, 1.54) is 11.3 Å². The second kappa shape index (κ2) is 12.4. The largest absolute Gasteiger partial charge is 0.476 e. The number of anilines is 1. The number of carbonyl (C=O) groups excluding carboxylic acids is 1. The van der Waals surface area contributed by atoms with Crippen LogP contribution in [-0.2, 0) is 6.54 Å². The summed E-state index contributed by atoms with van der Waals surface area (Å²) in [6.45, 7) is 11.6. The predicted molar refractivity (Wildman–Crippen MR) is 207 cm³/mol. The van der Waals surface area contributed by atoms with Gasteiger partial charge in [0.1, 0.15) is 5.54 Å². The van der Waals surface area contributed by atoms with Crippen molar-refractivity contribution in [1.29, 1.82) is 0 Å². The number of rotatable bonds is 8. The lowest BCUT2D eigenvalue weighted by Crippen LogP contribution is -2.55. The number of nitrogens with one attached hydrogen (secondary N) is 1. The van der Waals surface area contributed by atoms with Crippen LogP contribution in [0, 0.1) is 28.1 Å². The number of amides is 1. The molecule has 2 aliphatic rings. The van der Waals surface area contributed by atoms with Crippen molar-refractivity contribution >= 4 is 49.5 Å². The SMILES string of the molecule is Cc1c(-c2ccc(-c3cnc4cccc(C(=O)Nc5nc6ccccc6s5)c4c3)nc2C(=O)O)cnn1CC1(C)CC2(C)CC(C)(C)CC(N=O)(C1)C2. The fourth-order valence-corrected chi connectivity index (χ4v) is 11.0. The Balaban J connectivity index is 1.09. The molecule has 4 heterocycles. The monoisotopic (exact) mass is 727 g/mol. The Labute approximate surface area is 310 Å². The number of aromatic carboxylic acids is 1. The van der Waals surface area contributed by atoms with Crippen LogP contribution in [0.15, 0.2) is 78.2 Å². The van der Waals surface area contributed by atoms with Gasteiger partial charge in [0.05, 0.1) is 27.6 Å². The zero-order chi connectivity index (χ0) is 37.3. The molecule has 270 valence electrons. The molecule has 53 heavy (non-hydrogen) atoms. The molecule has 0 radical (unpaired) electrons. The quantitative estimate of drug-likeness (QED) is 0.147. The summed E-state index contributed by atoms with van der Waals surface area (Å²) in [4.78, 5) is 52.4. The third-order valence-electron chi connectivity index (χ3n) is 11.1. The summed E-state index contributed by atoms with van der Waals surface area (Å²) in [7, 11) is 0. The molecule has 0 aliphatic heterocycles. The van der Waals surface area contributed by atoms with E-state index < -0.39 is 11.5 Å². The second-order valence-electron chi connectivity index (χ2n) is 16.7. The van der Waals surface area contributed by atoms with Crippen LogP contribution in [0.5, 0.6) is 0 Å². The van der Waals surface area contributed by atoms with Gasteiger partial charge in [-0.05, 0) is 97.7 Å². The molecule has 3 unspecified atom stereocenters. The summed E-state index contributed by atoms with van der Waals surface area (Å²) in [5, 5.41) is 23.0. The molecule has 1 amide bonds. The Hall–Kier alpha value is -5.36. The van der Waals surface area contributed by atoms with Gasteiger partial charge in [-0.1, -0.05) is 62.4 Å². The van der Waals surface area contributed by atoms with Crippen molar-refractivity contribution in [1.82, 2.24) is 24.7 Å². The highest BCUT2D eigenvalue weighted by Gasteiger charge is 2.58. The molecule has 8 rings (SSSR count). The summed E-state index contributed by atoms with van der Waals surface area (Å²) >= 11 is 1.40. The number of nitroso groups, excluding NO2 is 1. The average Bonchev–Trinajstić information content (AvgIpc) is 3.67. The van der Waals surface area contributed by atoms with Crippen LogP contribution in [0.25, 0.3) is 43.5 Å². The molecule has 2 aliphatic carbocycles. The van der Waals surface area contributed by atoms with Gasteiger partial charge in [0.15, 0.2) is 10.8 Å². The number of carbonyl (C=O) groups is 2. The van der Waals surface area contributed by atoms with E-state index >= 15 is 0 Å². The molecule has 2 aromatic carbocycles. The van der Waals surface area contributed by atoms with Crippen molar-refractivity contribution < 1.29 is 14.7 Å². The van der Waals surface area contributed by atoms with Gasteiger partial charge in [-0.2, -0.15) is 10.0 Å². The van der Waals surface area contributed by atoms with E-state index in [0.29, 0.717) is 56.9 Å². The maximum absolute atomic E-state index is 13.5. The molecular formula is C41H41N7O4S. The third-order valence-corrected chi connectivity index (χ3v) is 12.0. The first-order valence-electron chi connectivity index (χ1n) is 17.8. The maximum atomic E-state index is 13.5. The number of para-hydroxylation sites is 1. The Bertz CT molecular complexity index is 2430. The average molecular weight is 728 g/mol. The van der Waals surface area contributed by atoms with Gasteiger partial charge in [-0.25, -0.2) is 14.8 Å². The van der Waals surface area contributed by atoms with Gasteiger partial charge >= 0.3 is 5.97 Å². The number of carboxylic acids is 1. The molecule has 12 heteroatoms. The lowest BCUT2D eigenvalue weighted by molar-refractivity contribution is -0.0686. The van der Waals surface area contributed by atoms with Gasteiger partial charge in [-0.15, -0.1) is 0 Å². The Kier molecular flexibility index (Phi) is 8.10. The summed E-state index contributed by atoms with van der Waals surface area (Å²) in [5.41, 5.74) is 3.94. The zero-order valence-corrected chi connectivity index (χ0v) is 31.3.